The van der Waals surface area contributed by atoms with E-state index in [1.54, 1.807) is 0 Å². The number of aromatic nitrogens is 2. The van der Waals surface area contributed by atoms with Gasteiger partial charge in [0.05, 0.1) is 5.75 Å². The van der Waals surface area contributed by atoms with Gasteiger partial charge in [0.1, 0.15) is 10.8 Å². The summed E-state index contributed by atoms with van der Waals surface area (Å²) in [6.45, 7) is 2.72. The van der Waals surface area contributed by atoms with Gasteiger partial charge in [0.2, 0.25) is 5.91 Å². The molecule has 0 spiro atoms. The van der Waals surface area contributed by atoms with Gasteiger partial charge in [-0.15, -0.1) is 10.2 Å². The van der Waals surface area contributed by atoms with Gasteiger partial charge in [-0.3, -0.25) is 4.79 Å². The fraction of sp³-hybridized carbons (Fsp3) is 0.190. The summed E-state index contributed by atoms with van der Waals surface area (Å²) in [7, 11) is 0. The maximum atomic E-state index is 12.1. The second kappa shape index (κ2) is 10.1. The number of aryl methyl sites for hydroxylation is 1. The second-order valence-corrected chi connectivity index (χ2v) is 7.56. The molecule has 0 radical (unpaired) electrons. The van der Waals surface area contributed by atoms with E-state index in [0.29, 0.717) is 22.4 Å². The fourth-order valence-electron chi connectivity index (χ4n) is 2.49. The van der Waals surface area contributed by atoms with Gasteiger partial charge in [-0.05, 0) is 53.9 Å². The third-order valence-electron chi connectivity index (χ3n) is 4.00. The number of benzene rings is 2. The topological polar surface area (TPSA) is 66.9 Å². The Labute approximate surface area is 173 Å². The highest BCUT2D eigenvalue weighted by Gasteiger charge is 2.06. The number of hydrogen-bond acceptors (Lipinski definition) is 5. The number of hydrogen-bond donors (Lipinski definition) is 2. The number of amides is 1. The molecule has 7 heteroatoms. The Kier molecular flexibility index (Phi) is 7.28. The molecule has 5 nitrogen and oxygen atoms in total. The SMILES string of the molecule is CCc1cccc(NC(=O)CSc2ccc(NCc3ccc(Cl)cc3)nn2)c1. The summed E-state index contributed by atoms with van der Waals surface area (Å²) in [5.74, 6) is 0.896. The Morgan fingerprint density at radius 3 is 2.57 bits per heavy atom. The Hall–Kier alpha value is -2.57. The number of nitrogens with one attached hydrogen (secondary N) is 2. The van der Waals surface area contributed by atoms with Crippen LogP contribution in [0.5, 0.6) is 0 Å². The van der Waals surface area contributed by atoms with Gasteiger partial charge in [-0.2, -0.15) is 0 Å². The van der Waals surface area contributed by atoms with E-state index < -0.39 is 0 Å². The third kappa shape index (κ3) is 6.25. The first kappa shape index (κ1) is 20.2. The predicted octanol–water partition coefficient (Wildman–Crippen LogP) is 5.04. The molecule has 0 unspecified atom stereocenters. The van der Waals surface area contributed by atoms with Crippen molar-refractivity contribution in [1.82, 2.24) is 10.2 Å². The molecule has 1 heterocycles. The molecule has 1 amide bonds. The average molecular weight is 413 g/mol. The Balaban J connectivity index is 1.45. The number of anilines is 2. The van der Waals surface area contributed by atoms with Crippen molar-refractivity contribution in [2.45, 2.75) is 24.9 Å². The summed E-state index contributed by atoms with van der Waals surface area (Å²) >= 11 is 7.24. The molecule has 0 aliphatic rings. The molecule has 1 aromatic heterocycles. The monoisotopic (exact) mass is 412 g/mol. The Bertz CT molecular complexity index is 916. The first-order chi connectivity index (χ1) is 13.6. The minimum Gasteiger partial charge on any atom is -0.365 e. The largest absolute Gasteiger partial charge is 0.365 e. The molecule has 0 aliphatic carbocycles. The van der Waals surface area contributed by atoms with Gasteiger partial charge in [0, 0.05) is 17.3 Å². The molecule has 0 aliphatic heterocycles. The number of carbonyl (C=O) groups excluding carboxylic acids is 1. The molecule has 3 aromatic rings. The predicted molar refractivity (Wildman–Crippen MR) is 116 cm³/mol. The summed E-state index contributed by atoms with van der Waals surface area (Å²) in [4.78, 5) is 12.1. The van der Waals surface area contributed by atoms with E-state index in [1.807, 2.05) is 60.7 Å². The van der Waals surface area contributed by atoms with Crippen LogP contribution in [-0.4, -0.2) is 21.9 Å². The van der Waals surface area contributed by atoms with Crippen molar-refractivity contribution in [3.05, 3.63) is 76.8 Å². The smallest absolute Gasteiger partial charge is 0.234 e. The van der Waals surface area contributed by atoms with Crippen LogP contribution in [-0.2, 0) is 17.8 Å². The molecule has 2 N–H and O–H groups in total. The van der Waals surface area contributed by atoms with E-state index >= 15 is 0 Å². The summed E-state index contributed by atoms with van der Waals surface area (Å²) in [5, 5.41) is 15.9. The quantitative estimate of drug-likeness (QED) is 0.507. The molecule has 3 rings (SSSR count). The number of nitrogens with zero attached hydrogens (tertiary/aromatic N) is 2. The van der Waals surface area contributed by atoms with Gasteiger partial charge in [-0.1, -0.05) is 54.6 Å². The van der Waals surface area contributed by atoms with E-state index in [1.165, 1.54) is 17.3 Å². The van der Waals surface area contributed by atoms with E-state index in [0.717, 1.165) is 17.7 Å². The van der Waals surface area contributed by atoms with E-state index in [-0.39, 0.29) is 11.7 Å². The third-order valence-corrected chi connectivity index (χ3v) is 5.17. The number of rotatable bonds is 8. The highest BCUT2D eigenvalue weighted by Crippen LogP contribution is 2.17. The maximum Gasteiger partial charge on any atom is 0.234 e. The van der Waals surface area contributed by atoms with Crippen molar-refractivity contribution in [3.8, 4) is 0 Å². The van der Waals surface area contributed by atoms with E-state index in [2.05, 4.69) is 27.8 Å². The average Bonchev–Trinajstić information content (AvgIpc) is 2.73. The molecule has 0 saturated heterocycles. The molecule has 0 bridgehead atoms. The van der Waals surface area contributed by atoms with Crippen LogP contribution in [0.1, 0.15) is 18.1 Å². The summed E-state index contributed by atoms with van der Waals surface area (Å²) in [5.41, 5.74) is 3.12. The summed E-state index contributed by atoms with van der Waals surface area (Å²) < 4.78 is 0. The zero-order valence-electron chi connectivity index (χ0n) is 15.5. The molecule has 144 valence electrons. The molecule has 0 fully saturated rings. The number of halogens is 1. The molecule has 28 heavy (non-hydrogen) atoms. The molecular weight excluding hydrogens is 392 g/mol. The van der Waals surface area contributed by atoms with Crippen LogP contribution < -0.4 is 10.6 Å². The van der Waals surface area contributed by atoms with Crippen LogP contribution in [0.15, 0.2) is 65.7 Å². The zero-order valence-corrected chi connectivity index (χ0v) is 17.1. The van der Waals surface area contributed by atoms with Crippen molar-refractivity contribution in [3.63, 3.8) is 0 Å². The lowest BCUT2D eigenvalue weighted by molar-refractivity contribution is -0.113. The minimum absolute atomic E-state index is 0.0648. The van der Waals surface area contributed by atoms with Crippen molar-refractivity contribution < 1.29 is 4.79 Å². The van der Waals surface area contributed by atoms with Crippen LogP contribution in [0.25, 0.3) is 0 Å². The van der Waals surface area contributed by atoms with Gasteiger partial charge in [-0.25, -0.2) is 0 Å². The summed E-state index contributed by atoms with van der Waals surface area (Å²) in [6.07, 6.45) is 0.937. The van der Waals surface area contributed by atoms with Gasteiger partial charge >= 0.3 is 0 Å². The Morgan fingerprint density at radius 1 is 1.04 bits per heavy atom. The highest BCUT2D eigenvalue weighted by atomic mass is 35.5. The Morgan fingerprint density at radius 2 is 1.86 bits per heavy atom. The zero-order chi connectivity index (χ0) is 19.8. The maximum absolute atomic E-state index is 12.1. The first-order valence-corrected chi connectivity index (χ1v) is 10.3. The van der Waals surface area contributed by atoms with Crippen LogP contribution in [0.4, 0.5) is 11.5 Å². The molecule has 2 aromatic carbocycles. The van der Waals surface area contributed by atoms with Crippen LogP contribution in [0.3, 0.4) is 0 Å². The molecule has 0 atom stereocenters. The van der Waals surface area contributed by atoms with Crippen LogP contribution >= 0.6 is 23.4 Å². The minimum atomic E-state index is -0.0648. The first-order valence-electron chi connectivity index (χ1n) is 8.96. The lowest BCUT2D eigenvalue weighted by Crippen LogP contribution is -2.14. The second-order valence-electron chi connectivity index (χ2n) is 6.13. The van der Waals surface area contributed by atoms with Gasteiger partial charge in [0.15, 0.2) is 0 Å². The lowest BCUT2D eigenvalue weighted by Gasteiger charge is -2.07. The van der Waals surface area contributed by atoms with Gasteiger partial charge in [0.25, 0.3) is 0 Å². The fourth-order valence-corrected chi connectivity index (χ4v) is 3.23. The normalized spacial score (nSPS) is 10.5. The van der Waals surface area contributed by atoms with Crippen molar-refractivity contribution in [2.24, 2.45) is 0 Å². The number of carbonyl (C=O) groups is 1. The van der Waals surface area contributed by atoms with E-state index in [4.69, 9.17) is 11.6 Å². The number of thioether (sulfide) groups is 1. The van der Waals surface area contributed by atoms with Crippen molar-refractivity contribution in [2.75, 3.05) is 16.4 Å². The van der Waals surface area contributed by atoms with Crippen molar-refractivity contribution >= 4 is 40.8 Å². The van der Waals surface area contributed by atoms with Crippen molar-refractivity contribution in [1.29, 1.82) is 0 Å². The highest BCUT2D eigenvalue weighted by molar-refractivity contribution is 7.99. The standard InChI is InChI=1S/C21H21ClN4OS/c1-2-15-4-3-5-18(12-15)24-20(27)14-28-21-11-10-19(25-26-21)23-13-16-6-8-17(22)9-7-16/h3-12H,2,13-14H2,1H3,(H,23,25)(H,24,27). The lowest BCUT2D eigenvalue weighted by atomic mass is 10.1. The van der Waals surface area contributed by atoms with Gasteiger partial charge < -0.3 is 10.6 Å². The van der Waals surface area contributed by atoms with Crippen LogP contribution in [0.2, 0.25) is 5.02 Å². The molecular formula is C21H21ClN4OS. The van der Waals surface area contributed by atoms with Crippen LogP contribution in [0, 0.1) is 0 Å². The van der Waals surface area contributed by atoms with E-state index in [9.17, 15) is 4.79 Å². The summed E-state index contributed by atoms with van der Waals surface area (Å²) in [6, 6.07) is 19.2. The molecule has 0 saturated carbocycles.